The number of nitrogens with two attached hydrogens (primary N) is 1. The average Bonchev–Trinajstić information content (AvgIpc) is 2.83. The summed E-state index contributed by atoms with van der Waals surface area (Å²) in [6.07, 6.45) is 5.86. The van der Waals surface area contributed by atoms with E-state index in [0.717, 1.165) is 11.3 Å². The molecule has 6 N–H and O–H groups in total. The van der Waals surface area contributed by atoms with Crippen molar-refractivity contribution in [2.75, 3.05) is 42.6 Å². The molecule has 1 fully saturated rings. The number of halogens is 1. The number of amides is 1. The van der Waals surface area contributed by atoms with E-state index in [2.05, 4.69) is 25.9 Å². The predicted molar refractivity (Wildman–Crippen MR) is 126 cm³/mol. The molecular formula is C23H27FN6O3. The number of aromatic nitrogens is 2. The molecule has 2 aliphatic heterocycles. The first kappa shape index (κ1) is 22.5. The van der Waals surface area contributed by atoms with Gasteiger partial charge in [0.05, 0.1) is 5.69 Å². The van der Waals surface area contributed by atoms with Gasteiger partial charge in [0.2, 0.25) is 5.88 Å². The van der Waals surface area contributed by atoms with Crippen molar-refractivity contribution >= 4 is 34.1 Å². The van der Waals surface area contributed by atoms with Gasteiger partial charge in [0.1, 0.15) is 18.1 Å². The molecule has 0 spiro atoms. The van der Waals surface area contributed by atoms with Crippen molar-refractivity contribution in [1.29, 1.82) is 0 Å². The second kappa shape index (κ2) is 9.86. The van der Waals surface area contributed by atoms with Gasteiger partial charge in [0, 0.05) is 35.5 Å². The molecule has 1 amide bonds. The van der Waals surface area contributed by atoms with Gasteiger partial charge < -0.3 is 26.2 Å². The molecule has 4 heterocycles. The zero-order chi connectivity index (χ0) is 23.4. The molecule has 0 unspecified atom stereocenters. The van der Waals surface area contributed by atoms with Crippen LogP contribution in [0.25, 0.3) is 21.9 Å². The molecule has 3 aromatic rings. The van der Waals surface area contributed by atoms with Crippen LogP contribution in [0.3, 0.4) is 0 Å². The number of pyridine rings is 2. The van der Waals surface area contributed by atoms with E-state index in [4.69, 9.17) is 15.6 Å². The zero-order valence-corrected chi connectivity index (χ0v) is 18.4. The van der Waals surface area contributed by atoms with Crippen molar-refractivity contribution in [3.05, 3.63) is 35.9 Å². The lowest BCUT2D eigenvalue weighted by Gasteiger charge is -2.22. The maximum Gasteiger partial charge on any atom is 0.410 e. The lowest BCUT2D eigenvalue weighted by Crippen LogP contribution is -2.21. The van der Waals surface area contributed by atoms with E-state index in [-0.39, 0.29) is 17.1 Å². The third-order valence-electron chi connectivity index (χ3n) is 5.68. The number of rotatable bonds is 2. The molecule has 2 aromatic heterocycles. The fraction of sp³-hybridized carbons (Fsp3) is 0.348. The molecule has 0 saturated carbocycles. The van der Waals surface area contributed by atoms with Crippen LogP contribution in [0.5, 0.6) is 5.88 Å². The molecule has 10 heteroatoms. The van der Waals surface area contributed by atoms with Crippen LogP contribution in [-0.4, -0.2) is 47.4 Å². The van der Waals surface area contributed by atoms with Gasteiger partial charge in [-0.3, -0.25) is 5.32 Å². The van der Waals surface area contributed by atoms with Crippen LogP contribution in [0.2, 0.25) is 0 Å². The fourth-order valence-corrected chi connectivity index (χ4v) is 3.97. The Labute approximate surface area is 190 Å². The minimum absolute atomic E-state index is 0.0572. The standard InChI is InChI=1S/C18H16FN5O3.C5H11N/c1-8-11(6-23-17-16(8)21-2-3-27-17)10-4-9-5-13(24-18(25)26)22-7-12(9)15(20)14(10)19;1-2-4-6-5-3-1/h4-7,21H,2-3,20H2,1H3,(H,22,24)(H,25,26);6H,1-5H2. The number of carboxylic acid groups (broad SMARTS) is 1. The third kappa shape index (κ3) is 4.90. The number of nitrogens with zero attached hydrogens (tertiary/aromatic N) is 2. The Balaban J connectivity index is 0.000000376. The normalized spacial score (nSPS) is 14.8. The van der Waals surface area contributed by atoms with Crippen molar-refractivity contribution in [2.24, 2.45) is 0 Å². The molecule has 174 valence electrons. The first-order valence-electron chi connectivity index (χ1n) is 10.9. The first-order valence-corrected chi connectivity index (χ1v) is 10.9. The molecular weight excluding hydrogens is 427 g/mol. The van der Waals surface area contributed by atoms with Gasteiger partial charge in [-0.2, -0.15) is 0 Å². The fourth-order valence-electron chi connectivity index (χ4n) is 3.97. The smallest absolute Gasteiger partial charge is 0.410 e. The number of hydrogen-bond acceptors (Lipinski definition) is 7. The Morgan fingerprint density at radius 1 is 1.15 bits per heavy atom. The summed E-state index contributed by atoms with van der Waals surface area (Å²) in [5, 5.41) is 18.5. The SMILES string of the molecule is C1CCNCC1.Cc1c(-c2cc3cc(NC(=O)O)ncc3c(N)c2F)cnc2c1NCCO2. The van der Waals surface area contributed by atoms with Crippen LogP contribution in [0.1, 0.15) is 24.8 Å². The van der Waals surface area contributed by atoms with Gasteiger partial charge >= 0.3 is 6.09 Å². The van der Waals surface area contributed by atoms with Gasteiger partial charge in [-0.1, -0.05) is 6.42 Å². The Bertz CT molecular complexity index is 1170. The van der Waals surface area contributed by atoms with Gasteiger partial charge in [0.25, 0.3) is 0 Å². The number of piperidine rings is 1. The molecule has 33 heavy (non-hydrogen) atoms. The second-order valence-corrected chi connectivity index (χ2v) is 7.94. The highest BCUT2D eigenvalue weighted by atomic mass is 19.1. The van der Waals surface area contributed by atoms with Crippen molar-refractivity contribution in [2.45, 2.75) is 26.2 Å². The Hall–Kier alpha value is -3.66. The van der Waals surface area contributed by atoms with E-state index in [1.165, 1.54) is 44.6 Å². The number of nitrogens with one attached hydrogen (secondary N) is 3. The van der Waals surface area contributed by atoms with Crippen LogP contribution in [0.4, 0.5) is 26.4 Å². The number of hydrogen-bond donors (Lipinski definition) is 5. The highest BCUT2D eigenvalue weighted by Gasteiger charge is 2.21. The predicted octanol–water partition coefficient (Wildman–Crippen LogP) is 3.98. The molecule has 0 aliphatic carbocycles. The minimum Gasteiger partial charge on any atom is -0.474 e. The molecule has 5 rings (SSSR count). The highest BCUT2D eigenvalue weighted by Crippen LogP contribution is 2.39. The number of fused-ring (bicyclic) bond motifs is 2. The zero-order valence-electron chi connectivity index (χ0n) is 18.4. The number of nitrogen functional groups attached to an aromatic ring is 1. The third-order valence-corrected chi connectivity index (χ3v) is 5.68. The van der Waals surface area contributed by atoms with Crippen molar-refractivity contribution in [1.82, 2.24) is 15.3 Å². The summed E-state index contributed by atoms with van der Waals surface area (Å²) in [6.45, 7) is 5.50. The summed E-state index contributed by atoms with van der Waals surface area (Å²) in [5.41, 5.74) is 8.28. The first-order chi connectivity index (χ1) is 16.0. The maximum atomic E-state index is 15.0. The summed E-state index contributed by atoms with van der Waals surface area (Å²) in [7, 11) is 0. The lowest BCUT2D eigenvalue weighted by molar-refractivity contribution is 0.209. The lowest BCUT2D eigenvalue weighted by atomic mass is 9.97. The van der Waals surface area contributed by atoms with Crippen LogP contribution in [0.15, 0.2) is 24.5 Å². The summed E-state index contributed by atoms with van der Waals surface area (Å²) < 4.78 is 20.5. The van der Waals surface area contributed by atoms with Crippen molar-refractivity contribution in [3.63, 3.8) is 0 Å². The molecule has 1 aromatic carbocycles. The van der Waals surface area contributed by atoms with E-state index in [1.807, 2.05) is 6.92 Å². The van der Waals surface area contributed by atoms with Gasteiger partial charge in [-0.15, -0.1) is 0 Å². The summed E-state index contributed by atoms with van der Waals surface area (Å²) in [6, 6.07) is 3.11. The maximum absolute atomic E-state index is 15.0. The molecule has 0 bridgehead atoms. The van der Waals surface area contributed by atoms with E-state index < -0.39 is 11.9 Å². The summed E-state index contributed by atoms with van der Waals surface area (Å²) in [5.74, 6) is 0.0287. The highest BCUT2D eigenvalue weighted by molar-refractivity contribution is 5.99. The monoisotopic (exact) mass is 454 g/mol. The summed E-state index contributed by atoms with van der Waals surface area (Å²) >= 11 is 0. The van der Waals surface area contributed by atoms with Crippen molar-refractivity contribution in [3.8, 4) is 17.0 Å². The minimum atomic E-state index is -1.24. The van der Waals surface area contributed by atoms with Gasteiger partial charge in [0.15, 0.2) is 5.82 Å². The Morgan fingerprint density at radius 3 is 2.61 bits per heavy atom. The quantitative estimate of drug-likeness (QED) is 0.367. The molecule has 9 nitrogen and oxygen atoms in total. The topological polar surface area (TPSA) is 134 Å². The molecule has 2 aliphatic rings. The van der Waals surface area contributed by atoms with E-state index in [1.54, 1.807) is 12.3 Å². The van der Waals surface area contributed by atoms with Crippen LogP contribution >= 0.6 is 0 Å². The van der Waals surface area contributed by atoms with Gasteiger partial charge in [-0.25, -0.2) is 19.2 Å². The van der Waals surface area contributed by atoms with E-state index in [0.29, 0.717) is 35.4 Å². The van der Waals surface area contributed by atoms with Crippen LogP contribution in [0, 0.1) is 12.7 Å². The van der Waals surface area contributed by atoms with Crippen LogP contribution < -0.4 is 26.4 Å². The molecule has 0 atom stereocenters. The van der Waals surface area contributed by atoms with Gasteiger partial charge in [-0.05, 0) is 55.9 Å². The van der Waals surface area contributed by atoms with Crippen molar-refractivity contribution < 1.29 is 19.0 Å². The Kier molecular flexibility index (Phi) is 6.74. The molecule has 1 saturated heterocycles. The van der Waals surface area contributed by atoms with Crippen LogP contribution in [-0.2, 0) is 0 Å². The molecule has 0 radical (unpaired) electrons. The largest absolute Gasteiger partial charge is 0.474 e. The number of anilines is 3. The average molecular weight is 455 g/mol. The Morgan fingerprint density at radius 2 is 1.94 bits per heavy atom. The number of carbonyl (C=O) groups is 1. The number of benzene rings is 1. The summed E-state index contributed by atoms with van der Waals surface area (Å²) in [4.78, 5) is 19.1. The second-order valence-electron chi connectivity index (χ2n) is 7.94. The van der Waals surface area contributed by atoms with E-state index >= 15 is 0 Å². The number of ether oxygens (including phenoxy) is 1. The van der Waals surface area contributed by atoms with E-state index in [9.17, 15) is 9.18 Å².